The van der Waals surface area contributed by atoms with Gasteiger partial charge in [-0.2, -0.15) is 0 Å². The van der Waals surface area contributed by atoms with Crippen LogP contribution in [0.15, 0.2) is 67.9 Å². The van der Waals surface area contributed by atoms with Gasteiger partial charge in [-0.05, 0) is 24.3 Å². The summed E-state index contributed by atoms with van der Waals surface area (Å²) in [6.45, 7) is 0. The van der Waals surface area contributed by atoms with Crippen LogP contribution in [0.4, 0.5) is 5.69 Å². The Hall–Kier alpha value is -4.11. The van der Waals surface area contributed by atoms with Crippen molar-refractivity contribution in [1.82, 2.24) is 13.7 Å². The first kappa shape index (κ1) is 22.1. The summed E-state index contributed by atoms with van der Waals surface area (Å²) in [5, 5.41) is 11.2. The summed E-state index contributed by atoms with van der Waals surface area (Å²) >= 11 is 5.99. The smallest absolute Gasteiger partial charge is 0.332 e. The van der Waals surface area contributed by atoms with Crippen LogP contribution in [0.3, 0.4) is 0 Å². The largest absolute Gasteiger partial charge is 0.506 e. The molecule has 0 aliphatic rings. The summed E-state index contributed by atoms with van der Waals surface area (Å²) in [5.74, 6) is -0.212. The van der Waals surface area contributed by atoms with Crippen LogP contribution in [-0.4, -0.2) is 32.1 Å². The number of aryl methyl sites for hydroxylation is 1. The van der Waals surface area contributed by atoms with Crippen LogP contribution in [0.5, 0.6) is 11.5 Å². The highest BCUT2D eigenvalue weighted by molar-refractivity contribution is 6.30. The van der Waals surface area contributed by atoms with Crippen molar-refractivity contribution in [2.45, 2.75) is 0 Å². The molecule has 2 aromatic heterocycles. The highest BCUT2D eigenvalue weighted by Gasteiger charge is 2.23. The number of fused-ring (bicyclic) bond motifs is 1. The van der Waals surface area contributed by atoms with Gasteiger partial charge in [0, 0.05) is 31.4 Å². The molecule has 0 amide bonds. The molecule has 0 atom stereocenters. The Morgan fingerprint density at radius 1 is 1.00 bits per heavy atom. The zero-order valence-electron chi connectivity index (χ0n) is 17.9. The summed E-state index contributed by atoms with van der Waals surface area (Å²) in [6, 6.07) is 13.3. The Morgan fingerprint density at radius 2 is 1.70 bits per heavy atom. The van der Waals surface area contributed by atoms with Gasteiger partial charge in [-0.1, -0.05) is 29.8 Å². The Labute approximate surface area is 192 Å². The van der Waals surface area contributed by atoms with Crippen LogP contribution in [-0.2, 0) is 14.1 Å². The molecule has 0 fully saturated rings. The molecule has 0 saturated heterocycles. The maximum absolute atomic E-state index is 13.5. The van der Waals surface area contributed by atoms with Gasteiger partial charge in [-0.25, -0.2) is 4.79 Å². The van der Waals surface area contributed by atoms with Crippen LogP contribution < -0.4 is 21.5 Å². The third-order valence-corrected chi connectivity index (χ3v) is 5.49. The highest BCUT2D eigenvalue weighted by atomic mass is 35.5. The first-order valence-electron chi connectivity index (χ1n) is 9.77. The number of methoxy groups -OCH3 is 1. The second kappa shape index (κ2) is 8.44. The lowest BCUT2D eigenvalue weighted by Crippen LogP contribution is -2.40. The number of para-hydroxylation sites is 1. The van der Waals surface area contributed by atoms with E-state index in [1.807, 2.05) is 0 Å². The van der Waals surface area contributed by atoms with Crippen molar-refractivity contribution < 1.29 is 9.84 Å². The van der Waals surface area contributed by atoms with Gasteiger partial charge in [0.05, 0.1) is 12.8 Å². The van der Waals surface area contributed by atoms with E-state index in [0.717, 1.165) is 15.3 Å². The van der Waals surface area contributed by atoms with Crippen molar-refractivity contribution in [2.75, 3.05) is 7.11 Å². The molecule has 0 unspecified atom stereocenters. The number of halogens is 1. The minimum atomic E-state index is -0.742. The van der Waals surface area contributed by atoms with E-state index in [4.69, 9.17) is 16.3 Å². The maximum atomic E-state index is 13.5. The molecule has 9 nitrogen and oxygen atoms in total. The number of aromatic nitrogens is 3. The molecule has 2 aromatic carbocycles. The molecular weight excluding hydrogens is 448 g/mol. The Bertz CT molecular complexity index is 1600. The van der Waals surface area contributed by atoms with E-state index in [1.54, 1.807) is 48.5 Å². The number of ether oxygens (including phenoxy) is 1. The normalized spacial score (nSPS) is 11.4. The van der Waals surface area contributed by atoms with E-state index in [2.05, 4.69) is 4.99 Å². The number of aromatic hydroxyl groups is 1. The minimum absolute atomic E-state index is 0.0296. The van der Waals surface area contributed by atoms with Crippen molar-refractivity contribution in [2.24, 2.45) is 19.1 Å². The third kappa shape index (κ3) is 3.62. The topological polar surface area (TPSA) is 108 Å². The van der Waals surface area contributed by atoms with E-state index in [1.165, 1.54) is 25.8 Å². The standard InChI is InChI=1S/C23H19ClN4O5/c1-26-20-18(22(31)27(2)23(26)32)19(29)15(21(30)28(20)14-7-5-4-6-8-14)12-25-16-10-9-13(24)11-17(16)33-3/h4-12,29H,1-3H3. The number of nitrogens with zero attached hydrogens (tertiary/aromatic N) is 4. The first-order valence-corrected chi connectivity index (χ1v) is 10.1. The second-order valence-corrected chi connectivity index (χ2v) is 7.65. The molecule has 0 aliphatic carbocycles. The molecule has 2 heterocycles. The molecule has 33 heavy (non-hydrogen) atoms. The molecule has 168 valence electrons. The summed E-state index contributed by atoms with van der Waals surface area (Å²) in [7, 11) is 4.17. The zero-order chi connectivity index (χ0) is 23.9. The maximum Gasteiger partial charge on any atom is 0.332 e. The predicted octanol–water partition coefficient (Wildman–Crippen LogP) is 2.51. The molecule has 1 N–H and O–H groups in total. The van der Waals surface area contributed by atoms with Crippen LogP contribution in [0.1, 0.15) is 5.56 Å². The number of pyridine rings is 1. The van der Waals surface area contributed by atoms with Crippen LogP contribution >= 0.6 is 11.6 Å². The number of hydrogen-bond acceptors (Lipinski definition) is 6. The summed E-state index contributed by atoms with van der Waals surface area (Å²) < 4.78 is 8.49. The summed E-state index contributed by atoms with van der Waals surface area (Å²) in [4.78, 5) is 43.4. The fourth-order valence-electron chi connectivity index (χ4n) is 3.58. The van der Waals surface area contributed by atoms with Crippen molar-refractivity contribution in [3.05, 3.63) is 90.3 Å². The van der Waals surface area contributed by atoms with Gasteiger partial charge in [0.2, 0.25) is 0 Å². The van der Waals surface area contributed by atoms with E-state index in [9.17, 15) is 19.5 Å². The molecule has 4 aromatic rings. The molecule has 0 bridgehead atoms. The fourth-order valence-corrected chi connectivity index (χ4v) is 3.74. The fraction of sp³-hybridized carbons (Fsp3) is 0.130. The predicted molar refractivity (Wildman–Crippen MR) is 127 cm³/mol. The van der Waals surface area contributed by atoms with Crippen LogP contribution in [0.25, 0.3) is 16.7 Å². The molecular formula is C23H19ClN4O5. The van der Waals surface area contributed by atoms with E-state index in [0.29, 0.717) is 22.1 Å². The number of rotatable bonds is 4. The Morgan fingerprint density at radius 3 is 2.36 bits per heavy atom. The average molecular weight is 467 g/mol. The van der Waals surface area contributed by atoms with Gasteiger partial charge in [0.25, 0.3) is 11.1 Å². The van der Waals surface area contributed by atoms with Gasteiger partial charge in [-0.3, -0.25) is 28.3 Å². The van der Waals surface area contributed by atoms with E-state index in [-0.39, 0.29) is 16.6 Å². The molecule has 0 spiro atoms. The number of benzene rings is 2. The lowest BCUT2D eigenvalue weighted by Gasteiger charge is -2.16. The van der Waals surface area contributed by atoms with E-state index >= 15 is 0 Å². The van der Waals surface area contributed by atoms with Crippen LogP contribution in [0, 0.1) is 0 Å². The molecule has 0 aliphatic heterocycles. The molecule has 0 saturated carbocycles. The number of hydrogen-bond donors (Lipinski definition) is 1. The molecule has 0 radical (unpaired) electrons. The van der Waals surface area contributed by atoms with Crippen molar-refractivity contribution in [3.8, 4) is 17.2 Å². The summed E-state index contributed by atoms with van der Waals surface area (Å²) in [6.07, 6.45) is 1.16. The van der Waals surface area contributed by atoms with Crippen LogP contribution in [0.2, 0.25) is 5.02 Å². The monoisotopic (exact) mass is 466 g/mol. The average Bonchev–Trinajstić information content (AvgIpc) is 2.82. The minimum Gasteiger partial charge on any atom is -0.506 e. The SMILES string of the molecule is COc1cc(Cl)ccc1N=Cc1c(O)c2c(=O)n(C)c(=O)n(C)c2n(-c2ccccc2)c1=O. The van der Waals surface area contributed by atoms with Crippen molar-refractivity contribution in [1.29, 1.82) is 0 Å². The van der Waals surface area contributed by atoms with Gasteiger partial charge >= 0.3 is 5.69 Å². The third-order valence-electron chi connectivity index (χ3n) is 5.26. The highest BCUT2D eigenvalue weighted by Crippen LogP contribution is 2.31. The summed E-state index contributed by atoms with van der Waals surface area (Å²) in [5.41, 5.74) is -1.52. The lowest BCUT2D eigenvalue weighted by molar-refractivity contribution is 0.416. The quantitative estimate of drug-likeness (QED) is 0.465. The van der Waals surface area contributed by atoms with Crippen molar-refractivity contribution >= 4 is 34.5 Å². The van der Waals surface area contributed by atoms with Gasteiger partial charge < -0.3 is 9.84 Å². The van der Waals surface area contributed by atoms with Gasteiger partial charge in [0.15, 0.2) is 0 Å². The molecule has 4 rings (SSSR count). The van der Waals surface area contributed by atoms with Gasteiger partial charge in [0.1, 0.15) is 33.8 Å². The Balaban J connectivity index is 2.12. The molecule has 10 heteroatoms. The van der Waals surface area contributed by atoms with Gasteiger partial charge in [-0.15, -0.1) is 0 Å². The first-order chi connectivity index (χ1) is 15.8. The number of aliphatic imine (C=N–C) groups is 1. The zero-order valence-corrected chi connectivity index (χ0v) is 18.7. The second-order valence-electron chi connectivity index (χ2n) is 7.22. The lowest BCUT2D eigenvalue weighted by atomic mass is 10.1. The Kier molecular flexibility index (Phi) is 5.65. The van der Waals surface area contributed by atoms with Crippen molar-refractivity contribution in [3.63, 3.8) is 0 Å². The van der Waals surface area contributed by atoms with E-state index < -0.39 is 22.6 Å².